The van der Waals surface area contributed by atoms with Crippen LogP contribution in [0.25, 0.3) is 38.4 Å². The van der Waals surface area contributed by atoms with Gasteiger partial charge in [-0.2, -0.15) is 5.10 Å². The lowest BCUT2D eigenvalue weighted by Gasteiger charge is -2.11. The molecule has 0 saturated heterocycles. The molecule has 6 rings (SSSR count). The van der Waals surface area contributed by atoms with Crippen molar-refractivity contribution in [2.45, 2.75) is 6.92 Å². The third-order valence-corrected chi connectivity index (χ3v) is 6.41. The zero-order valence-corrected chi connectivity index (χ0v) is 20.4. The van der Waals surface area contributed by atoms with E-state index in [1.807, 2.05) is 67.6 Å². The van der Waals surface area contributed by atoms with Crippen molar-refractivity contribution >= 4 is 44.8 Å². The average Bonchev–Trinajstić information content (AvgIpc) is 3.25. The number of nitrogens with one attached hydrogen (secondary N) is 1. The quantitative estimate of drug-likeness (QED) is 0.354. The molecule has 0 bridgehead atoms. The highest BCUT2D eigenvalue weighted by molar-refractivity contribution is 6.30. The van der Waals surface area contributed by atoms with Gasteiger partial charge in [-0.05, 0) is 53.6 Å². The van der Waals surface area contributed by atoms with Crippen LogP contribution in [0.5, 0.6) is 5.75 Å². The highest BCUT2D eigenvalue weighted by atomic mass is 35.5. The summed E-state index contributed by atoms with van der Waals surface area (Å²) in [6.45, 7) is 1.64. The van der Waals surface area contributed by atoms with Gasteiger partial charge in [0, 0.05) is 23.0 Å². The molecule has 0 aliphatic carbocycles. The number of nitrogens with zero attached hydrogens (tertiary/aromatic N) is 4. The molecule has 0 spiro atoms. The number of carbonyl (C=O) groups is 1. The van der Waals surface area contributed by atoms with Crippen LogP contribution >= 0.6 is 11.6 Å². The predicted octanol–water partition coefficient (Wildman–Crippen LogP) is 4.98. The summed E-state index contributed by atoms with van der Waals surface area (Å²) >= 11 is 6.04. The molecular formula is C28H20ClN5O3. The molecule has 0 aliphatic heterocycles. The van der Waals surface area contributed by atoms with Gasteiger partial charge in [-0.3, -0.25) is 15.0 Å². The molecule has 3 aromatic heterocycles. The summed E-state index contributed by atoms with van der Waals surface area (Å²) < 4.78 is 8.40. The van der Waals surface area contributed by atoms with E-state index >= 15 is 0 Å². The van der Waals surface area contributed by atoms with E-state index in [1.165, 1.54) is 12.4 Å². The van der Waals surface area contributed by atoms with Gasteiger partial charge in [0.05, 0.1) is 16.6 Å². The van der Waals surface area contributed by atoms with Crippen LogP contribution in [0.4, 0.5) is 0 Å². The number of aryl methyl sites for hydroxylation is 1. The molecule has 8 nitrogen and oxygen atoms in total. The maximum Gasteiger partial charge on any atom is 0.280 e. The van der Waals surface area contributed by atoms with Crippen LogP contribution in [0.2, 0.25) is 5.02 Å². The number of benzene rings is 3. The summed E-state index contributed by atoms with van der Waals surface area (Å²) in [7, 11) is 0. The van der Waals surface area contributed by atoms with Gasteiger partial charge in [0.25, 0.3) is 11.5 Å². The van der Waals surface area contributed by atoms with Crippen LogP contribution in [0, 0.1) is 6.92 Å². The molecule has 0 fully saturated rings. The molecule has 3 heterocycles. The highest BCUT2D eigenvalue weighted by Gasteiger charge is 2.17. The van der Waals surface area contributed by atoms with E-state index in [0.29, 0.717) is 27.3 Å². The molecule has 3 aromatic carbocycles. The Morgan fingerprint density at radius 1 is 1.03 bits per heavy atom. The lowest BCUT2D eigenvalue weighted by atomic mass is 10.1. The van der Waals surface area contributed by atoms with Gasteiger partial charge < -0.3 is 4.74 Å². The van der Waals surface area contributed by atoms with Crippen molar-refractivity contribution in [3.63, 3.8) is 0 Å². The number of aromatic nitrogens is 4. The molecule has 1 amide bonds. The van der Waals surface area contributed by atoms with Crippen molar-refractivity contribution in [3.8, 4) is 16.9 Å². The van der Waals surface area contributed by atoms with Crippen molar-refractivity contribution in [1.82, 2.24) is 19.3 Å². The Morgan fingerprint density at radius 2 is 1.81 bits per heavy atom. The third-order valence-electron chi connectivity index (χ3n) is 6.16. The first kappa shape index (κ1) is 22.8. The first-order valence-corrected chi connectivity index (χ1v) is 11.9. The van der Waals surface area contributed by atoms with E-state index in [4.69, 9.17) is 16.3 Å². The van der Waals surface area contributed by atoms with E-state index in [9.17, 15) is 9.59 Å². The van der Waals surface area contributed by atoms with E-state index in [1.54, 1.807) is 16.6 Å². The van der Waals surface area contributed by atoms with Crippen LogP contribution in [0.3, 0.4) is 0 Å². The SMILES string of the molecule is Cc1nn2c(ncc3c(=O)n(NC(=O)COc4ccc5ccccc5c4)ccc32)c1-c1ccc(Cl)cc1. The topological polar surface area (TPSA) is 90.5 Å². The number of carbonyl (C=O) groups excluding carboxylic acids is 1. The normalized spacial score (nSPS) is 11.3. The Kier molecular flexibility index (Phi) is 5.58. The van der Waals surface area contributed by atoms with Crippen LogP contribution in [0.15, 0.2) is 90.0 Å². The maximum atomic E-state index is 13.1. The van der Waals surface area contributed by atoms with Gasteiger partial charge in [0.2, 0.25) is 0 Å². The average molecular weight is 510 g/mol. The van der Waals surface area contributed by atoms with Crippen molar-refractivity contribution in [1.29, 1.82) is 0 Å². The Labute approximate surface area is 215 Å². The van der Waals surface area contributed by atoms with Gasteiger partial charge in [-0.1, -0.05) is 54.1 Å². The summed E-state index contributed by atoms with van der Waals surface area (Å²) in [5, 5.41) is 7.67. The summed E-state index contributed by atoms with van der Waals surface area (Å²) in [5.41, 5.74) is 5.91. The monoisotopic (exact) mass is 509 g/mol. The number of rotatable bonds is 5. The van der Waals surface area contributed by atoms with E-state index < -0.39 is 11.5 Å². The lowest BCUT2D eigenvalue weighted by Crippen LogP contribution is -2.35. The predicted molar refractivity (Wildman–Crippen MR) is 144 cm³/mol. The van der Waals surface area contributed by atoms with Crippen LogP contribution in [-0.4, -0.2) is 31.8 Å². The van der Waals surface area contributed by atoms with Crippen molar-refractivity contribution < 1.29 is 9.53 Å². The summed E-state index contributed by atoms with van der Waals surface area (Å²) in [6, 6.07) is 22.6. The van der Waals surface area contributed by atoms with Gasteiger partial charge in [-0.25, -0.2) is 14.2 Å². The first-order chi connectivity index (χ1) is 18.0. The minimum absolute atomic E-state index is 0.247. The minimum atomic E-state index is -0.469. The molecule has 6 aromatic rings. The Balaban J connectivity index is 1.26. The number of pyridine rings is 1. The highest BCUT2D eigenvalue weighted by Crippen LogP contribution is 2.29. The molecule has 9 heteroatoms. The summed E-state index contributed by atoms with van der Waals surface area (Å²) in [5.74, 6) is 0.0976. The summed E-state index contributed by atoms with van der Waals surface area (Å²) in [4.78, 5) is 30.2. The maximum absolute atomic E-state index is 13.1. The number of ether oxygens (including phenoxy) is 1. The van der Waals surface area contributed by atoms with Crippen molar-refractivity contribution in [3.05, 3.63) is 106 Å². The molecule has 0 radical (unpaired) electrons. The van der Waals surface area contributed by atoms with Crippen molar-refractivity contribution in [2.24, 2.45) is 0 Å². The fourth-order valence-electron chi connectivity index (χ4n) is 4.39. The molecule has 0 unspecified atom stereocenters. The fraction of sp³-hybridized carbons (Fsp3) is 0.0714. The van der Waals surface area contributed by atoms with Gasteiger partial charge in [0.1, 0.15) is 5.75 Å². The molecular weight excluding hydrogens is 490 g/mol. The minimum Gasteiger partial charge on any atom is -0.484 e. The standard InChI is InChI=1S/C28H20ClN5O3/c1-17-26(19-6-9-21(29)10-7-19)27-30-15-23-24(34(27)31-17)12-13-33(28(23)36)32-25(35)16-37-22-11-8-18-4-2-3-5-20(18)14-22/h2-15H,16H2,1H3,(H,32,35). The number of halogens is 1. The fourth-order valence-corrected chi connectivity index (χ4v) is 4.52. The largest absolute Gasteiger partial charge is 0.484 e. The zero-order chi connectivity index (χ0) is 25.5. The molecule has 1 N–H and O–H groups in total. The van der Waals surface area contributed by atoms with Crippen LogP contribution in [-0.2, 0) is 4.79 Å². The number of amides is 1. The summed E-state index contributed by atoms with van der Waals surface area (Å²) in [6.07, 6.45) is 3.00. The zero-order valence-electron chi connectivity index (χ0n) is 19.7. The molecule has 0 aliphatic rings. The third kappa shape index (κ3) is 4.17. The van der Waals surface area contributed by atoms with Crippen LogP contribution < -0.4 is 15.7 Å². The molecule has 37 heavy (non-hydrogen) atoms. The van der Waals surface area contributed by atoms with E-state index in [-0.39, 0.29) is 6.61 Å². The number of hydrogen-bond acceptors (Lipinski definition) is 5. The van der Waals surface area contributed by atoms with E-state index in [0.717, 1.165) is 32.3 Å². The number of hydrogen-bond donors (Lipinski definition) is 1. The molecule has 0 atom stereocenters. The molecule has 182 valence electrons. The van der Waals surface area contributed by atoms with Crippen molar-refractivity contribution in [2.75, 3.05) is 12.0 Å². The second-order valence-corrected chi connectivity index (χ2v) is 9.02. The second kappa shape index (κ2) is 9.07. The number of fused-ring (bicyclic) bond motifs is 4. The Morgan fingerprint density at radius 3 is 2.62 bits per heavy atom. The smallest absolute Gasteiger partial charge is 0.280 e. The molecule has 0 saturated carbocycles. The van der Waals surface area contributed by atoms with Gasteiger partial charge in [0.15, 0.2) is 12.3 Å². The second-order valence-electron chi connectivity index (χ2n) is 8.58. The Hall–Kier alpha value is -4.69. The van der Waals surface area contributed by atoms with Crippen LogP contribution in [0.1, 0.15) is 5.69 Å². The first-order valence-electron chi connectivity index (χ1n) is 11.5. The van der Waals surface area contributed by atoms with E-state index in [2.05, 4.69) is 15.5 Å². The van der Waals surface area contributed by atoms with Gasteiger partial charge in [-0.15, -0.1) is 0 Å². The Bertz CT molecular complexity index is 1880. The van der Waals surface area contributed by atoms with Gasteiger partial charge >= 0.3 is 0 Å². The lowest BCUT2D eigenvalue weighted by molar-refractivity contribution is -0.119.